The van der Waals surface area contributed by atoms with Crippen molar-refractivity contribution < 1.29 is 41.2 Å². The normalized spacial score (nSPS) is 29.1. The van der Waals surface area contributed by atoms with Crippen molar-refractivity contribution in [3.63, 3.8) is 0 Å². The van der Waals surface area contributed by atoms with Gasteiger partial charge < -0.3 is 20.1 Å². The molecule has 0 bridgehead atoms. The van der Waals surface area contributed by atoms with Gasteiger partial charge in [-0.25, -0.2) is 9.36 Å². The minimum absolute atomic E-state index is 0.147. The number of amides is 1. The number of hydrogen-bond donors (Lipinski definition) is 2. The lowest BCUT2D eigenvalue weighted by atomic mass is 10.0. The van der Waals surface area contributed by atoms with Crippen molar-refractivity contribution >= 4 is 25.2 Å². The number of halogens is 2. The van der Waals surface area contributed by atoms with Gasteiger partial charge in [-0.15, -0.1) is 0 Å². The van der Waals surface area contributed by atoms with Crippen molar-refractivity contribution in [3.05, 3.63) is 46.5 Å². The van der Waals surface area contributed by atoms with Crippen LogP contribution in [0.5, 0.6) is 5.75 Å². The summed E-state index contributed by atoms with van der Waals surface area (Å²) in [7, 11) is -4.24. The molecule has 3 aliphatic heterocycles. The Morgan fingerprint density at radius 3 is 2.79 bits per heavy atom. The standard InChI is InChI=1S/C23H27F2N4O8P/c1-12(2)36-38(32)34-10-16-18(37-38)23(24,25)20(35-16)29-8-7-17(27-21(29)31)26-19(30)13-5-6-15-14(9-13)28-22(3,4)11-33-15/h5-9,12,16,18,20,28H,10-11H2,1-4H3,(H,26,27,30,31)/t16?,18-,20?,38?/m1/s1. The predicted octanol–water partition coefficient (Wildman–Crippen LogP) is 3.56. The Hall–Kier alpha value is -2.90. The molecule has 12 nitrogen and oxygen atoms in total. The Morgan fingerprint density at radius 1 is 1.32 bits per heavy atom. The first-order chi connectivity index (χ1) is 17.8. The Morgan fingerprint density at radius 2 is 2.08 bits per heavy atom. The van der Waals surface area contributed by atoms with Gasteiger partial charge in [0.1, 0.15) is 24.3 Å². The van der Waals surface area contributed by atoms with E-state index >= 15 is 8.78 Å². The molecule has 0 spiro atoms. The highest BCUT2D eigenvalue weighted by Gasteiger charge is 2.65. The Bertz CT molecular complexity index is 1370. The van der Waals surface area contributed by atoms with Crippen LogP contribution in [0.25, 0.3) is 0 Å². The van der Waals surface area contributed by atoms with Crippen molar-refractivity contribution in [1.29, 1.82) is 0 Å². The van der Waals surface area contributed by atoms with Gasteiger partial charge in [-0.3, -0.25) is 22.9 Å². The molecule has 4 atom stereocenters. The van der Waals surface area contributed by atoms with Crippen molar-refractivity contribution in [1.82, 2.24) is 9.55 Å². The minimum Gasteiger partial charge on any atom is -0.489 e. The van der Waals surface area contributed by atoms with Gasteiger partial charge in [0, 0.05) is 11.8 Å². The van der Waals surface area contributed by atoms with Crippen LogP contribution in [0.2, 0.25) is 0 Å². The van der Waals surface area contributed by atoms with Crippen molar-refractivity contribution in [2.75, 3.05) is 23.8 Å². The highest BCUT2D eigenvalue weighted by molar-refractivity contribution is 7.48. The summed E-state index contributed by atoms with van der Waals surface area (Å²) in [4.78, 5) is 29.2. The van der Waals surface area contributed by atoms with Crippen LogP contribution in [0.15, 0.2) is 35.3 Å². The smallest absolute Gasteiger partial charge is 0.475 e. The number of anilines is 2. The molecular weight excluding hydrogens is 529 g/mol. The molecule has 1 aromatic carbocycles. The van der Waals surface area contributed by atoms with Crippen LogP contribution in [-0.2, 0) is 22.9 Å². The molecule has 5 rings (SSSR count). The average Bonchev–Trinajstić information content (AvgIpc) is 3.07. The van der Waals surface area contributed by atoms with Crippen LogP contribution in [0.1, 0.15) is 44.3 Å². The summed E-state index contributed by atoms with van der Waals surface area (Å²) in [5, 5.41) is 5.77. The van der Waals surface area contributed by atoms with E-state index in [0.29, 0.717) is 22.6 Å². The van der Waals surface area contributed by atoms with E-state index in [9.17, 15) is 14.2 Å². The third-order valence-electron chi connectivity index (χ3n) is 5.96. The molecule has 0 radical (unpaired) electrons. The molecule has 3 unspecified atom stereocenters. The molecule has 38 heavy (non-hydrogen) atoms. The topological polar surface area (TPSA) is 139 Å². The number of nitrogens with zero attached hydrogens (tertiary/aromatic N) is 2. The van der Waals surface area contributed by atoms with Crippen LogP contribution in [0.3, 0.4) is 0 Å². The first kappa shape index (κ1) is 26.7. The quantitative estimate of drug-likeness (QED) is 0.526. The maximum Gasteiger partial charge on any atom is 0.475 e. The summed E-state index contributed by atoms with van der Waals surface area (Å²) in [5.74, 6) is -3.89. The van der Waals surface area contributed by atoms with Crippen LogP contribution in [-0.4, -0.2) is 58.4 Å². The number of carbonyl (C=O) groups excluding carboxylic acids is 1. The molecule has 2 saturated heterocycles. The van der Waals surface area contributed by atoms with E-state index in [4.69, 9.17) is 23.0 Å². The van der Waals surface area contributed by atoms with Gasteiger partial charge in [0.05, 0.1) is 23.9 Å². The fraction of sp³-hybridized carbons (Fsp3) is 0.522. The summed E-state index contributed by atoms with van der Waals surface area (Å²) < 4.78 is 69.8. The van der Waals surface area contributed by atoms with E-state index < -0.39 is 56.5 Å². The number of carbonyl (C=O) groups is 1. The number of rotatable bonds is 5. The minimum atomic E-state index is -4.24. The van der Waals surface area contributed by atoms with E-state index in [1.54, 1.807) is 32.0 Å². The number of alkyl halides is 2. The van der Waals surface area contributed by atoms with Gasteiger partial charge in [-0.2, -0.15) is 13.8 Å². The van der Waals surface area contributed by atoms with Crippen LogP contribution in [0.4, 0.5) is 20.3 Å². The monoisotopic (exact) mass is 556 g/mol. The lowest BCUT2D eigenvalue weighted by molar-refractivity contribution is -0.139. The third kappa shape index (κ3) is 5.06. The lowest BCUT2D eigenvalue weighted by Gasteiger charge is -2.33. The number of nitrogens with one attached hydrogen (secondary N) is 2. The van der Waals surface area contributed by atoms with E-state index in [-0.39, 0.29) is 16.9 Å². The molecule has 3 aliphatic rings. The number of phosphoric acid groups is 1. The van der Waals surface area contributed by atoms with E-state index in [2.05, 4.69) is 15.6 Å². The summed E-state index contributed by atoms with van der Waals surface area (Å²) in [6.45, 7) is 6.98. The second kappa shape index (κ2) is 9.38. The van der Waals surface area contributed by atoms with Gasteiger partial charge in [-0.1, -0.05) is 0 Å². The number of hydrogen-bond acceptors (Lipinski definition) is 10. The second-order valence-electron chi connectivity index (χ2n) is 10.1. The van der Waals surface area contributed by atoms with Crippen LogP contribution >= 0.6 is 7.82 Å². The maximum atomic E-state index is 15.3. The number of aromatic nitrogens is 2. The molecule has 0 saturated carbocycles. The molecule has 2 fully saturated rings. The van der Waals surface area contributed by atoms with Gasteiger partial charge in [0.15, 0.2) is 6.10 Å². The second-order valence-corrected chi connectivity index (χ2v) is 11.7. The molecular formula is C23H27F2N4O8P. The third-order valence-corrected chi connectivity index (χ3v) is 7.59. The van der Waals surface area contributed by atoms with Crippen molar-refractivity contribution in [2.45, 2.75) is 63.7 Å². The highest BCUT2D eigenvalue weighted by Crippen LogP contribution is 2.60. The Kier molecular flexibility index (Phi) is 6.59. The molecule has 1 aromatic heterocycles. The van der Waals surface area contributed by atoms with Gasteiger partial charge in [0.2, 0.25) is 6.23 Å². The van der Waals surface area contributed by atoms with Gasteiger partial charge >= 0.3 is 19.4 Å². The van der Waals surface area contributed by atoms with E-state index in [1.165, 1.54) is 6.07 Å². The highest BCUT2D eigenvalue weighted by atomic mass is 31.2. The largest absolute Gasteiger partial charge is 0.489 e. The van der Waals surface area contributed by atoms with Crippen LogP contribution < -0.4 is 21.1 Å². The predicted molar refractivity (Wildman–Crippen MR) is 130 cm³/mol. The average molecular weight is 556 g/mol. The zero-order chi connectivity index (χ0) is 27.5. The van der Waals surface area contributed by atoms with Gasteiger partial charge in [0.25, 0.3) is 5.91 Å². The maximum absolute atomic E-state index is 15.3. The lowest BCUT2D eigenvalue weighted by Crippen LogP contribution is -2.45. The molecule has 4 heterocycles. The number of phosphoric ester groups is 1. The molecule has 15 heteroatoms. The zero-order valence-corrected chi connectivity index (χ0v) is 21.9. The molecule has 0 aliphatic carbocycles. The summed E-state index contributed by atoms with van der Waals surface area (Å²) in [6.07, 6.45) is -4.95. The molecule has 2 N–H and O–H groups in total. The van der Waals surface area contributed by atoms with E-state index in [0.717, 1.165) is 6.20 Å². The van der Waals surface area contributed by atoms with Gasteiger partial charge in [-0.05, 0) is 52.0 Å². The molecule has 2 aromatic rings. The van der Waals surface area contributed by atoms with E-state index in [1.807, 2.05) is 13.8 Å². The fourth-order valence-electron chi connectivity index (χ4n) is 4.28. The zero-order valence-electron chi connectivity index (χ0n) is 21.0. The van der Waals surface area contributed by atoms with Crippen molar-refractivity contribution in [3.8, 4) is 5.75 Å². The molecule has 206 valence electrons. The molecule has 1 amide bonds. The first-order valence-electron chi connectivity index (χ1n) is 11.9. The number of fused-ring (bicyclic) bond motifs is 2. The number of benzene rings is 1. The fourth-order valence-corrected chi connectivity index (χ4v) is 5.85. The SMILES string of the molecule is CC(C)OP1(=O)OCC2OC(n3ccc(NC(=O)c4ccc5c(c4)NC(C)(C)CO5)nc3=O)C(F)(F)[C@@H]2O1. The summed E-state index contributed by atoms with van der Waals surface area (Å²) in [6, 6.07) is 5.99. The van der Waals surface area contributed by atoms with Crippen LogP contribution in [0, 0.1) is 0 Å². The summed E-state index contributed by atoms with van der Waals surface area (Å²) in [5.41, 5.74) is -0.528. The van der Waals surface area contributed by atoms with Crippen molar-refractivity contribution in [2.24, 2.45) is 0 Å². The summed E-state index contributed by atoms with van der Waals surface area (Å²) >= 11 is 0. The Balaban J connectivity index is 1.32. The Labute approximate surface area is 216 Å². The number of ether oxygens (including phenoxy) is 2. The first-order valence-corrected chi connectivity index (χ1v) is 13.3.